The fourth-order valence-electron chi connectivity index (χ4n) is 3.09. The number of fused-ring (bicyclic) bond motifs is 1. The number of ether oxygens (including phenoxy) is 3. The van der Waals surface area contributed by atoms with E-state index in [0.717, 1.165) is 33.8 Å². The maximum atomic E-state index is 11.0. The number of aliphatic hydroxyl groups is 1. The van der Waals surface area contributed by atoms with Crippen LogP contribution < -0.4 is 14.2 Å². The second kappa shape index (κ2) is 6.45. The SMILES string of the molecule is COc1ccc(C(O)c2ccc(OC)c3c2OC(C)(C)C=C3)c(C)c1. The van der Waals surface area contributed by atoms with Gasteiger partial charge in [-0.1, -0.05) is 6.07 Å². The molecule has 0 fully saturated rings. The summed E-state index contributed by atoms with van der Waals surface area (Å²) in [4.78, 5) is 0. The third-order valence-corrected chi connectivity index (χ3v) is 4.49. The highest BCUT2D eigenvalue weighted by Crippen LogP contribution is 2.43. The lowest BCUT2D eigenvalue weighted by Crippen LogP contribution is -2.28. The van der Waals surface area contributed by atoms with Gasteiger partial charge in [-0.05, 0) is 68.3 Å². The zero-order chi connectivity index (χ0) is 18.2. The fraction of sp³-hybridized carbons (Fsp3) is 0.333. The Kier molecular flexibility index (Phi) is 4.48. The van der Waals surface area contributed by atoms with Crippen LogP contribution in [0.5, 0.6) is 17.2 Å². The minimum Gasteiger partial charge on any atom is -0.497 e. The fourth-order valence-corrected chi connectivity index (χ4v) is 3.09. The molecule has 4 heteroatoms. The van der Waals surface area contributed by atoms with E-state index in [1.165, 1.54) is 0 Å². The van der Waals surface area contributed by atoms with Gasteiger partial charge in [-0.2, -0.15) is 0 Å². The van der Waals surface area contributed by atoms with Gasteiger partial charge >= 0.3 is 0 Å². The molecule has 132 valence electrons. The molecule has 1 atom stereocenters. The lowest BCUT2D eigenvalue weighted by Gasteiger charge is -2.31. The molecule has 1 unspecified atom stereocenters. The molecule has 3 rings (SSSR count). The normalized spacial score (nSPS) is 15.9. The van der Waals surface area contributed by atoms with Gasteiger partial charge < -0.3 is 19.3 Å². The topological polar surface area (TPSA) is 47.9 Å². The minimum atomic E-state index is -0.798. The van der Waals surface area contributed by atoms with Crippen molar-refractivity contribution in [2.24, 2.45) is 0 Å². The maximum absolute atomic E-state index is 11.0. The highest BCUT2D eigenvalue weighted by molar-refractivity contribution is 5.70. The van der Waals surface area contributed by atoms with Gasteiger partial charge in [0.15, 0.2) is 0 Å². The lowest BCUT2D eigenvalue weighted by atomic mass is 9.92. The van der Waals surface area contributed by atoms with Crippen LogP contribution in [0.3, 0.4) is 0 Å². The van der Waals surface area contributed by atoms with Crippen LogP contribution in [0.25, 0.3) is 6.08 Å². The highest BCUT2D eigenvalue weighted by atomic mass is 16.5. The first-order chi connectivity index (χ1) is 11.9. The monoisotopic (exact) mass is 340 g/mol. The summed E-state index contributed by atoms with van der Waals surface area (Å²) in [6, 6.07) is 9.38. The van der Waals surface area contributed by atoms with Crippen molar-refractivity contribution >= 4 is 6.08 Å². The molecule has 0 saturated heterocycles. The van der Waals surface area contributed by atoms with Gasteiger partial charge in [-0.15, -0.1) is 0 Å². The van der Waals surface area contributed by atoms with Crippen molar-refractivity contribution in [1.29, 1.82) is 0 Å². The zero-order valence-corrected chi connectivity index (χ0v) is 15.3. The first kappa shape index (κ1) is 17.4. The number of methoxy groups -OCH3 is 2. The molecule has 0 bridgehead atoms. The van der Waals surface area contributed by atoms with Gasteiger partial charge in [-0.3, -0.25) is 0 Å². The second-order valence-corrected chi connectivity index (χ2v) is 6.76. The molecule has 25 heavy (non-hydrogen) atoms. The molecule has 1 N–H and O–H groups in total. The smallest absolute Gasteiger partial charge is 0.137 e. The van der Waals surface area contributed by atoms with Crippen molar-refractivity contribution in [2.45, 2.75) is 32.5 Å². The molecule has 2 aromatic rings. The molecule has 1 aliphatic heterocycles. The zero-order valence-electron chi connectivity index (χ0n) is 15.3. The molecular formula is C21H24O4. The van der Waals surface area contributed by atoms with Crippen molar-refractivity contribution in [3.63, 3.8) is 0 Å². The van der Waals surface area contributed by atoms with Crippen LogP contribution in [0.15, 0.2) is 36.4 Å². The maximum Gasteiger partial charge on any atom is 0.137 e. The summed E-state index contributed by atoms with van der Waals surface area (Å²) in [7, 11) is 3.26. The van der Waals surface area contributed by atoms with Gasteiger partial charge in [-0.25, -0.2) is 0 Å². The van der Waals surface area contributed by atoms with Crippen LogP contribution in [0.4, 0.5) is 0 Å². The molecule has 0 amide bonds. The van der Waals surface area contributed by atoms with Crippen LogP contribution in [-0.2, 0) is 0 Å². The summed E-state index contributed by atoms with van der Waals surface area (Å²) in [5.74, 6) is 2.16. The van der Waals surface area contributed by atoms with E-state index < -0.39 is 11.7 Å². The number of aliphatic hydroxyl groups excluding tert-OH is 1. The van der Waals surface area contributed by atoms with Crippen LogP contribution in [0.2, 0.25) is 0 Å². The molecule has 0 saturated carbocycles. The second-order valence-electron chi connectivity index (χ2n) is 6.76. The predicted octanol–water partition coefficient (Wildman–Crippen LogP) is 4.28. The van der Waals surface area contributed by atoms with E-state index in [2.05, 4.69) is 0 Å². The van der Waals surface area contributed by atoms with E-state index in [-0.39, 0.29) is 0 Å². The van der Waals surface area contributed by atoms with Crippen LogP contribution in [0.1, 0.15) is 42.2 Å². The standard InChI is InChI=1S/C21H24O4/c1-13-12-14(23-4)6-7-15(13)19(22)17-8-9-18(24-5)16-10-11-21(2,3)25-20(16)17/h6-12,19,22H,1-5H3. The van der Waals surface area contributed by atoms with E-state index in [0.29, 0.717) is 5.75 Å². The van der Waals surface area contributed by atoms with Crippen LogP contribution >= 0.6 is 0 Å². The molecule has 2 aromatic carbocycles. The van der Waals surface area contributed by atoms with E-state index in [9.17, 15) is 5.11 Å². The summed E-state index contributed by atoms with van der Waals surface area (Å²) in [6.45, 7) is 5.93. The highest BCUT2D eigenvalue weighted by Gasteiger charge is 2.29. The summed E-state index contributed by atoms with van der Waals surface area (Å²) in [5, 5.41) is 11.0. The first-order valence-electron chi connectivity index (χ1n) is 8.28. The Bertz CT molecular complexity index is 821. The van der Waals surface area contributed by atoms with E-state index in [4.69, 9.17) is 14.2 Å². The molecule has 4 nitrogen and oxygen atoms in total. The van der Waals surface area contributed by atoms with Gasteiger partial charge in [0.2, 0.25) is 0 Å². The Morgan fingerprint density at radius 2 is 1.76 bits per heavy atom. The Hall–Kier alpha value is -2.46. The molecule has 0 radical (unpaired) electrons. The largest absolute Gasteiger partial charge is 0.497 e. The predicted molar refractivity (Wildman–Crippen MR) is 98.5 cm³/mol. The summed E-state index contributed by atoms with van der Waals surface area (Å²) in [6.07, 6.45) is 3.19. The molecule has 0 aliphatic carbocycles. The van der Waals surface area contributed by atoms with Crippen molar-refractivity contribution in [2.75, 3.05) is 14.2 Å². The summed E-state index contributed by atoms with van der Waals surface area (Å²) in [5.41, 5.74) is 2.92. The van der Waals surface area contributed by atoms with E-state index in [1.807, 2.05) is 63.3 Å². The van der Waals surface area contributed by atoms with Gasteiger partial charge in [0.1, 0.15) is 29.0 Å². The molecule has 0 spiro atoms. The molecular weight excluding hydrogens is 316 g/mol. The molecule has 1 heterocycles. The Labute approximate surface area is 148 Å². The van der Waals surface area contributed by atoms with Crippen LogP contribution in [0, 0.1) is 6.92 Å². The third-order valence-electron chi connectivity index (χ3n) is 4.49. The number of hydrogen-bond donors (Lipinski definition) is 1. The minimum absolute atomic E-state index is 0.442. The number of hydrogen-bond acceptors (Lipinski definition) is 4. The number of rotatable bonds is 4. The van der Waals surface area contributed by atoms with Gasteiger partial charge in [0.25, 0.3) is 0 Å². The van der Waals surface area contributed by atoms with Crippen molar-refractivity contribution in [1.82, 2.24) is 0 Å². The van der Waals surface area contributed by atoms with Crippen molar-refractivity contribution in [3.8, 4) is 17.2 Å². The quantitative estimate of drug-likeness (QED) is 0.902. The lowest BCUT2D eigenvalue weighted by molar-refractivity contribution is 0.146. The molecule has 0 aromatic heterocycles. The van der Waals surface area contributed by atoms with Crippen molar-refractivity contribution < 1.29 is 19.3 Å². The number of benzene rings is 2. The summed E-state index contributed by atoms with van der Waals surface area (Å²) >= 11 is 0. The van der Waals surface area contributed by atoms with Crippen LogP contribution in [-0.4, -0.2) is 24.9 Å². The Morgan fingerprint density at radius 3 is 2.40 bits per heavy atom. The number of aryl methyl sites for hydroxylation is 1. The van der Waals surface area contributed by atoms with Gasteiger partial charge in [0.05, 0.1) is 19.8 Å². The molecule has 1 aliphatic rings. The Balaban J connectivity index is 2.10. The van der Waals surface area contributed by atoms with Crippen molar-refractivity contribution in [3.05, 3.63) is 58.7 Å². The average Bonchev–Trinajstić information content (AvgIpc) is 2.59. The average molecular weight is 340 g/mol. The first-order valence-corrected chi connectivity index (χ1v) is 8.28. The van der Waals surface area contributed by atoms with E-state index in [1.54, 1.807) is 14.2 Å². The summed E-state index contributed by atoms with van der Waals surface area (Å²) < 4.78 is 16.9. The third kappa shape index (κ3) is 3.22. The van der Waals surface area contributed by atoms with E-state index >= 15 is 0 Å². The Morgan fingerprint density at radius 1 is 1.04 bits per heavy atom. The van der Waals surface area contributed by atoms with Gasteiger partial charge in [0, 0.05) is 5.56 Å².